The predicted molar refractivity (Wildman–Crippen MR) is 74.2 cm³/mol. The van der Waals surface area contributed by atoms with Gasteiger partial charge in [-0.1, -0.05) is 0 Å². The van der Waals surface area contributed by atoms with Crippen molar-refractivity contribution in [1.29, 1.82) is 0 Å². The van der Waals surface area contributed by atoms with Gasteiger partial charge < -0.3 is 10.6 Å². The minimum absolute atomic E-state index is 0.0696. The second-order valence-electron chi connectivity index (χ2n) is 4.64. The van der Waals surface area contributed by atoms with Gasteiger partial charge in [0.25, 0.3) is 0 Å². The first-order chi connectivity index (χ1) is 8.25. The Kier molecular flexibility index (Phi) is 4.72. The number of hydrogen-bond donors (Lipinski definition) is 1. The van der Waals surface area contributed by atoms with E-state index in [9.17, 15) is 8.42 Å². The highest BCUT2D eigenvalue weighted by atomic mass is 32.2. The van der Waals surface area contributed by atoms with Gasteiger partial charge in [0.2, 0.25) is 10.0 Å². The van der Waals surface area contributed by atoms with E-state index in [0.717, 1.165) is 12.2 Å². The Labute approximate surface area is 109 Å². The van der Waals surface area contributed by atoms with E-state index < -0.39 is 10.0 Å². The topological polar surface area (TPSA) is 66.6 Å². The molecule has 2 N–H and O–H groups in total. The van der Waals surface area contributed by atoms with Crippen LogP contribution in [0.2, 0.25) is 0 Å². The molecule has 0 aliphatic rings. The second kappa shape index (κ2) is 5.69. The molecule has 0 aliphatic heterocycles. The van der Waals surface area contributed by atoms with Gasteiger partial charge in [-0.15, -0.1) is 0 Å². The van der Waals surface area contributed by atoms with Crippen LogP contribution in [0.25, 0.3) is 0 Å². The van der Waals surface area contributed by atoms with Gasteiger partial charge in [0, 0.05) is 39.4 Å². The van der Waals surface area contributed by atoms with Crippen LogP contribution in [0.3, 0.4) is 0 Å². The maximum atomic E-state index is 11.9. The summed E-state index contributed by atoms with van der Waals surface area (Å²) in [5, 5.41) is 0. The lowest BCUT2D eigenvalue weighted by Gasteiger charge is -2.21. The fraction of sp³-hybridized carbons (Fsp3) is 0.500. The Morgan fingerprint density at radius 1 is 1.17 bits per heavy atom. The van der Waals surface area contributed by atoms with Gasteiger partial charge >= 0.3 is 0 Å². The van der Waals surface area contributed by atoms with Gasteiger partial charge in [-0.05, 0) is 31.2 Å². The van der Waals surface area contributed by atoms with E-state index in [1.54, 1.807) is 24.3 Å². The molecule has 0 saturated heterocycles. The quantitative estimate of drug-likeness (QED) is 0.857. The summed E-state index contributed by atoms with van der Waals surface area (Å²) in [7, 11) is 1.62. The molecule has 1 atom stereocenters. The zero-order chi connectivity index (χ0) is 13.9. The molecule has 6 heteroatoms. The SMILES string of the molecule is CC(N)CN(C)c1ccc(S(=O)(=O)N(C)C)cc1. The molecule has 0 radical (unpaired) electrons. The number of nitrogens with two attached hydrogens (primary N) is 1. The van der Waals surface area contributed by atoms with Crippen molar-refractivity contribution >= 4 is 15.7 Å². The highest BCUT2D eigenvalue weighted by Crippen LogP contribution is 2.18. The molecule has 0 fully saturated rings. The van der Waals surface area contributed by atoms with Crippen LogP contribution >= 0.6 is 0 Å². The van der Waals surface area contributed by atoms with Crippen LogP contribution in [-0.2, 0) is 10.0 Å². The number of nitrogens with zero attached hydrogens (tertiary/aromatic N) is 2. The molecule has 0 aromatic heterocycles. The fourth-order valence-electron chi connectivity index (χ4n) is 1.62. The molecule has 1 aromatic rings. The van der Waals surface area contributed by atoms with Gasteiger partial charge in [-0.2, -0.15) is 0 Å². The maximum Gasteiger partial charge on any atom is 0.242 e. The number of sulfonamides is 1. The molecule has 5 nitrogen and oxygen atoms in total. The lowest BCUT2D eigenvalue weighted by Crippen LogP contribution is -2.32. The third kappa shape index (κ3) is 3.44. The van der Waals surface area contributed by atoms with Gasteiger partial charge in [-0.25, -0.2) is 12.7 Å². The molecule has 0 aliphatic carbocycles. The van der Waals surface area contributed by atoms with Gasteiger partial charge in [0.15, 0.2) is 0 Å². The third-order valence-electron chi connectivity index (χ3n) is 2.62. The first-order valence-electron chi connectivity index (χ1n) is 5.74. The minimum Gasteiger partial charge on any atom is -0.373 e. The van der Waals surface area contributed by atoms with Gasteiger partial charge in [0.1, 0.15) is 0 Å². The molecule has 18 heavy (non-hydrogen) atoms. The third-order valence-corrected chi connectivity index (χ3v) is 4.45. The standard InChI is InChI=1S/C12H21N3O2S/c1-10(13)9-15(4)11-5-7-12(8-6-11)18(16,17)14(2)3/h5-8,10H,9,13H2,1-4H3. The zero-order valence-corrected chi connectivity index (χ0v) is 12.1. The molecule has 1 rings (SSSR count). The molecule has 0 spiro atoms. The number of hydrogen-bond acceptors (Lipinski definition) is 4. The van der Waals surface area contributed by atoms with Crippen LogP contribution in [0.1, 0.15) is 6.92 Å². The van der Waals surface area contributed by atoms with Crippen molar-refractivity contribution < 1.29 is 8.42 Å². The van der Waals surface area contributed by atoms with E-state index in [2.05, 4.69) is 0 Å². The summed E-state index contributed by atoms with van der Waals surface area (Å²) in [6, 6.07) is 6.88. The molecular formula is C12H21N3O2S. The normalized spacial score (nSPS) is 13.7. The highest BCUT2D eigenvalue weighted by molar-refractivity contribution is 7.89. The van der Waals surface area contributed by atoms with E-state index in [4.69, 9.17) is 5.73 Å². The van der Waals surface area contributed by atoms with Crippen LogP contribution in [0.5, 0.6) is 0 Å². The lowest BCUT2D eigenvalue weighted by molar-refractivity contribution is 0.521. The van der Waals surface area contributed by atoms with Crippen molar-refractivity contribution in [3.8, 4) is 0 Å². The second-order valence-corrected chi connectivity index (χ2v) is 6.79. The van der Waals surface area contributed by atoms with Crippen LogP contribution in [-0.4, -0.2) is 46.5 Å². The summed E-state index contributed by atoms with van der Waals surface area (Å²) in [6.07, 6.45) is 0. The molecule has 1 unspecified atom stereocenters. The fourth-order valence-corrected chi connectivity index (χ4v) is 2.52. The first-order valence-corrected chi connectivity index (χ1v) is 7.18. The van der Waals surface area contributed by atoms with Crippen molar-refractivity contribution in [3.63, 3.8) is 0 Å². The molecule has 0 amide bonds. The smallest absolute Gasteiger partial charge is 0.242 e. The monoisotopic (exact) mass is 271 g/mol. The van der Waals surface area contributed by atoms with Crippen LogP contribution in [0.15, 0.2) is 29.2 Å². The highest BCUT2D eigenvalue weighted by Gasteiger charge is 2.16. The van der Waals surface area contributed by atoms with Gasteiger partial charge in [0.05, 0.1) is 4.90 Å². The molecular weight excluding hydrogens is 250 g/mol. The number of likely N-dealkylation sites (N-methyl/N-ethyl adjacent to an activating group) is 1. The number of anilines is 1. The Bertz CT molecular complexity index is 481. The molecule has 0 heterocycles. The summed E-state index contributed by atoms with van der Waals surface area (Å²) in [4.78, 5) is 2.29. The minimum atomic E-state index is -3.35. The predicted octanol–water partition coefficient (Wildman–Crippen LogP) is 0.720. The van der Waals surface area contributed by atoms with E-state index in [1.165, 1.54) is 18.4 Å². The Balaban J connectivity index is 2.94. The maximum absolute atomic E-state index is 11.9. The van der Waals surface area contributed by atoms with E-state index >= 15 is 0 Å². The van der Waals surface area contributed by atoms with Crippen molar-refractivity contribution in [2.75, 3.05) is 32.6 Å². The zero-order valence-electron chi connectivity index (χ0n) is 11.3. The van der Waals surface area contributed by atoms with E-state index in [1.807, 2.05) is 18.9 Å². The Hall–Kier alpha value is -1.11. The summed E-state index contributed by atoms with van der Waals surface area (Å²) in [6.45, 7) is 2.65. The largest absolute Gasteiger partial charge is 0.373 e. The average Bonchev–Trinajstić information content (AvgIpc) is 2.28. The summed E-state index contributed by atoms with van der Waals surface area (Å²) in [5.41, 5.74) is 6.67. The lowest BCUT2D eigenvalue weighted by atomic mass is 10.2. The average molecular weight is 271 g/mol. The van der Waals surface area contributed by atoms with Crippen LogP contribution in [0, 0.1) is 0 Å². The number of rotatable bonds is 5. The summed E-state index contributed by atoms with van der Waals surface area (Å²) in [5.74, 6) is 0. The van der Waals surface area contributed by atoms with Crippen molar-refractivity contribution in [3.05, 3.63) is 24.3 Å². The van der Waals surface area contributed by atoms with Crippen molar-refractivity contribution in [1.82, 2.24) is 4.31 Å². The van der Waals surface area contributed by atoms with Gasteiger partial charge in [-0.3, -0.25) is 0 Å². The van der Waals surface area contributed by atoms with E-state index in [-0.39, 0.29) is 6.04 Å². The Morgan fingerprint density at radius 2 is 1.67 bits per heavy atom. The summed E-state index contributed by atoms with van der Waals surface area (Å²) >= 11 is 0. The summed E-state index contributed by atoms with van der Waals surface area (Å²) < 4.78 is 25.0. The van der Waals surface area contributed by atoms with Crippen molar-refractivity contribution in [2.45, 2.75) is 17.9 Å². The Morgan fingerprint density at radius 3 is 2.06 bits per heavy atom. The molecule has 0 saturated carbocycles. The van der Waals surface area contributed by atoms with E-state index in [0.29, 0.717) is 4.90 Å². The van der Waals surface area contributed by atoms with Crippen molar-refractivity contribution in [2.24, 2.45) is 5.73 Å². The van der Waals surface area contributed by atoms with Crippen LogP contribution < -0.4 is 10.6 Å². The molecule has 0 bridgehead atoms. The molecule has 102 valence electrons. The molecule has 1 aromatic carbocycles. The number of benzene rings is 1. The first kappa shape index (κ1) is 14.9. The van der Waals surface area contributed by atoms with Crippen LogP contribution in [0.4, 0.5) is 5.69 Å².